The van der Waals surface area contributed by atoms with E-state index in [2.05, 4.69) is 20.2 Å². The van der Waals surface area contributed by atoms with Crippen LogP contribution >= 0.6 is 0 Å². The Morgan fingerprint density at radius 3 is 2.65 bits per heavy atom. The number of rotatable bonds is 4. The Balaban J connectivity index is 1.85. The van der Waals surface area contributed by atoms with Crippen molar-refractivity contribution in [3.05, 3.63) is 18.6 Å². The number of carboxylic acids is 1. The van der Waals surface area contributed by atoms with E-state index in [1.54, 1.807) is 18.6 Å². The second kappa shape index (κ2) is 6.31. The van der Waals surface area contributed by atoms with Crippen LogP contribution in [-0.4, -0.2) is 46.1 Å². The van der Waals surface area contributed by atoms with Gasteiger partial charge in [0.2, 0.25) is 5.91 Å². The summed E-state index contributed by atoms with van der Waals surface area (Å²) in [5, 5.41) is 11.3. The van der Waals surface area contributed by atoms with Crippen LogP contribution in [0.5, 0.6) is 0 Å². The van der Waals surface area contributed by atoms with E-state index in [0.29, 0.717) is 12.8 Å². The average molecular weight is 278 g/mol. The fourth-order valence-electron chi connectivity index (χ4n) is 2.22. The molecule has 0 unspecified atom stereocenters. The summed E-state index contributed by atoms with van der Waals surface area (Å²) in [6.07, 6.45) is 6.34. The maximum atomic E-state index is 11.9. The molecule has 1 aromatic rings. The maximum Gasteiger partial charge on any atom is 0.325 e. The monoisotopic (exact) mass is 278 g/mol. The van der Waals surface area contributed by atoms with Gasteiger partial charge in [-0.25, -0.2) is 4.98 Å². The van der Waals surface area contributed by atoms with Gasteiger partial charge < -0.3 is 15.3 Å². The second-order valence-corrected chi connectivity index (χ2v) is 4.89. The van der Waals surface area contributed by atoms with Gasteiger partial charge in [-0.3, -0.25) is 14.6 Å². The van der Waals surface area contributed by atoms with Gasteiger partial charge in [0.15, 0.2) is 0 Å². The Morgan fingerprint density at radius 1 is 1.40 bits per heavy atom. The molecule has 1 aromatic heterocycles. The van der Waals surface area contributed by atoms with E-state index in [1.807, 2.05) is 0 Å². The molecule has 2 rings (SSSR count). The summed E-state index contributed by atoms with van der Waals surface area (Å²) in [5.74, 6) is -0.524. The van der Waals surface area contributed by atoms with Gasteiger partial charge in [0.25, 0.3) is 0 Å². The van der Waals surface area contributed by atoms with Crippen molar-refractivity contribution >= 4 is 17.7 Å². The molecular formula is C13H18N4O3. The van der Waals surface area contributed by atoms with Gasteiger partial charge in [0, 0.05) is 31.4 Å². The molecule has 1 fully saturated rings. The standard InChI is InChI=1S/C13H18N4O3/c1-9(13(19)20)16-12(18)10-2-6-17(7-3-10)11-8-14-4-5-15-11/h4-5,8-10H,2-3,6-7H2,1H3,(H,16,18)(H,19,20)/t9-/m1/s1. The lowest BCUT2D eigenvalue weighted by molar-refractivity contribution is -0.142. The maximum absolute atomic E-state index is 11.9. The molecule has 20 heavy (non-hydrogen) atoms. The van der Waals surface area contributed by atoms with Crippen molar-refractivity contribution < 1.29 is 14.7 Å². The van der Waals surface area contributed by atoms with Crippen molar-refractivity contribution in [3.8, 4) is 0 Å². The van der Waals surface area contributed by atoms with E-state index >= 15 is 0 Å². The predicted molar refractivity (Wildman–Crippen MR) is 72.2 cm³/mol. The number of carbonyl (C=O) groups excluding carboxylic acids is 1. The van der Waals surface area contributed by atoms with Gasteiger partial charge in [-0.15, -0.1) is 0 Å². The lowest BCUT2D eigenvalue weighted by Gasteiger charge is -2.32. The quantitative estimate of drug-likeness (QED) is 0.821. The number of nitrogens with one attached hydrogen (secondary N) is 1. The van der Waals surface area contributed by atoms with Gasteiger partial charge in [-0.2, -0.15) is 0 Å². The zero-order chi connectivity index (χ0) is 14.5. The number of hydrogen-bond donors (Lipinski definition) is 2. The van der Waals surface area contributed by atoms with E-state index in [0.717, 1.165) is 18.9 Å². The molecule has 0 aromatic carbocycles. The van der Waals surface area contributed by atoms with Crippen molar-refractivity contribution in [2.24, 2.45) is 5.92 Å². The summed E-state index contributed by atoms with van der Waals surface area (Å²) >= 11 is 0. The van der Waals surface area contributed by atoms with E-state index in [9.17, 15) is 9.59 Å². The molecular weight excluding hydrogens is 260 g/mol. The van der Waals surface area contributed by atoms with Crippen LogP contribution < -0.4 is 10.2 Å². The fourth-order valence-corrected chi connectivity index (χ4v) is 2.22. The summed E-state index contributed by atoms with van der Waals surface area (Å²) in [5.41, 5.74) is 0. The molecule has 0 saturated carbocycles. The Morgan fingerprint density at radius 2 is 2.10 bits per heavy atom. The van der Waals surface area contributed by atoms with Gasteiger partial charge >= 0.3 is 5.97 Å². The van der Waals surface area contributed by atoms with Crippen LogP contribution in [0.15, 0.2) is 18.6 Å². The summed E-state index contributed by atoms with van der Waals surface area (Å²) in [4.78, 5) is 33.0. The highest BCUT2D eigenvalue weighted by molar-refractivity contribution is 5.84. The fraction of sp³-hybridized carbons (Fsp3) is 0.538. The summed E-state index contributed by atoms with van der Waals surface area (Å²) < 4.78 is 0. The first-order valence-corrected chi connectivity index (χ1v) is 6.62. The molecule has 0 radical (unpaired) electrons. The molecule has 0 spiro atoms. The van der Waals surface area contributed by atoms with Crippen molar-refractivity contribution in [1.82, 2.24) is 15.3 Å². The van der Waals surface area contributed by atoms with Crippen molar-refractivity contribution in [3.63, 3.8) is 0 Å². The summed E-state index contributed by atoms with van der Waals surface area (Å²) in [6.45, 7) is 2.91. The number of carboxylic acid groups (broad SMARTS) is 1. The Labute approximate surface area is 117 Å². The molecule has 1 saturated heterocycles. The minimum atomic E-state index is -1.02. The van der Waals surface area contributed by atoms with Crippen LogP contribution in [0.4, 0.5) is 5.82 Å². The van der Waals surface area contributed by atoms with Crippen molar-refractivity contribution in [2.75, 3.05) is 18.0 Å². The second-order valence-electron chi connectivity index (χ2n) is 4.89. The number of aliphatic carboxylic acids is 1. The third kappa shape index (κ3) is 3.43. The third-order valence-electron chi connectivity index (χ3n) is 3.47. The van der Waals surface area contributed by atoms with Crippen LogP contribution in [-0.2, 0) is 9.59 Å². The molecule has 0 bridgehead atoms. The normalized spacial score (nSPS) is 17.6. The Kier molecular flexibility index (Phi) is 4.49. The van der Waals surface area contributed by atoms with Gasteiger partial charge in [-0.1, -0.05) is 0 Å². The largest absolute Gasteiger partial charge is 0.480 e. The molecule has 108 valence electrons. The molecule has 1 aliphatic heterocycles. The molecule has 2 N–H and O–H groups in total. The first-order chi connectivity index (χ1) is 9.58. The van der Waals surface area contributed by atoms with Crippen LogP contribution in [0.2, 0.25) is 0 Å². The number of aromatic nitrogens is 2. The highest BCUT2D eigenvalue weighted by Gasteiger charge is 2.27. The van der Waals surface area contributed by atoms with E-state index in [-0.39, 0.29) is 11.8 Å². The first kappa shape index (κ1) is 14.2. The van der Waals surface area contributed by atoms with Gasteiger partial charge in [-0.05, 0) is 19.8 Å². The van der Waals surface area contributed by atoms with E-state index in [4.69, 9.17) is 5.11 Å². The number of piperidine rings is 1. The number of hydrogen-bond acceptors (Lipinski definition) is 5. The van der Waals surface area contributed by atoms with Crippen molar-refractivity contribution in [2.45, 2.75) is 25.8 Å². The predicted octanol–water partition coefficient (Wildman–Crippen LogP) is 0.282. The van der Waals surface area contributed by atoms with Crippen LogP contribution in [0, 0.1) is 5.92 Å². The SMILES string of the molecule is C[C@@H](NC(=O)C1CCN(c2cnccn2)CC1)C(=O)O. The van der Waals surface area contributed by atoms with Gasteiger partial charge in [0.1, 0.15) is 11.9 Å². The number of nitrogens with zero attached hydrogens (tertiary/aromatic N) is 3. The molecule has 0 aliphatic carbocycles. The molecule has 1 aliphatic rings. The highest BCUT2D eigenvalue weighted by atomic mass is 16.4. The van der Waals surface area contributed by atoms with Crippen LogP contribution in [0.25, 0.3) is 0 Å². The Bertz CT molecular complexity index is 472. The zero-order valence-corrected chi connectivity index (χ0v) is 11.3. The molecule has 7 heteroatoms. The highest BCUT2D eigenvalue weighted by Crippen LogP contribution is 2.21. The number of carbonyl (C=O) groups is 2. The smallest absolute Gasteiger partial charge is 0.325 e. The van der Waals surface area contributed by atoms with E-state index < -0.39 is 12.0 Å². The average Bonchev–Trinajstić information content (AvgIpc) is 2.48. The lowest BCUT2D eigenvalue weighted by atomic mass is 9.95. The minimum Gasteiger partial charge on any atom is -0.480 e. The lowest BCUT2D eigenvalue weighted by Crippen LogP contribution is -2.45. The first-order valence-electron chi connectivity index (χ1n) is 6.62. The molecule has 7 nitrogen and oxygen atoms in total. The molecule has 1 atom stereocenters. The van der Waals surface area contributed by atoms with Crippen molar-refractivity contribution in [1.29, 1.82) is 0 Å². The molecule has 2 heterocycles. The van der Waals surface area contributed by atoms with Gasteiger partial charge in [0.05, 0.1) is 6.20 Å². The zero-order valence-electron chi connectivity index (χ0n) is 11.3. The topological polar surface area (TPSA) is 95.4 Å². The third-order valence-corrected chi connectivity index (χ3v) is 3.47. The van der Waals surface area contributed by atoms with Crippen LogP contribution in [0.3, 0.4) is 0 Å². The van der Waals surface area contributed by atoms with E-state index in [1.165, 1.54) is 6.92 Å². The Hall–Kier alpha value is -2.18. The molecule has 1 amide bonds. The summed E-state index contributed by atoms with van der Waals surface area (Å²) in [6, 6.07) is -0.847. The number of anilines is 1. The number of amides is 1. The summed E-state index contributed by atoms with van der Waals surface area (Å²) in [7, 11) is 0. The van der Waals surface area contributed by atoms with Crippen LogP contribution in [0.1, 0.15) is 19.8 Å². The minimum absolute atomic E-state index is 0.135.